The van der Waals surface area contributed by atoms with Crippen LogP contribution in [0.4, 0.5) is 4.79 Å². The van der Waals surface area contributed by atoms with Gasteiger partial charge in [-0.2, -0.15) is 0 Å². The lowest BCUT2D eigenvalue weighted by Crippen LogP contribution is -2.64. The van der Waals surface area contributed by atoms with Crippen molar-refractivity contribution < 1.29 is 28.4 Å². The summed E-state index contributed by atoms with van der Waals surface area (Å²) in [4.78, 5) is 38.7. The molecule has 0 radical (unpaired) electrons. The summed E-state index contributed by atoms with van der Waals surface area (Å²) in [6.45, 7) is 15.6. The number of ether oxygens (including phenoxy) is 1. The van der Waals surface area contributed by atoms with Gasteiger partial charge in [-0.05, 0) is 79.1 Å². The van der Waals surface area contributed by atoms with E-state index in [9.17, 15) is 14.4 Å². The second kappa shape index (κ2) is 11.9. The number of benzene rings is 1. The van der Waals surface area contributed by atoms with Crippen LogP contribution in [0.2, 0.25) is 6.32 Å². The molecule has 1 heterocycles. The van der Waals surface area contributed by atoms with E-state index < -0.39 is 28.4 Å². The molecule has 10 heteroatoms. The van der Waals surface area contributed by atoms with Crippen LogP contribution in [-0.2, 0) is 30.2 Å². The zero-order valence-corrected chi connectivity index (χ0v) is 24.8. The molecule has 1 saturated heterocycles. The first-order valence-corrected chi connectivity index (χ1v) is 13.9. The minimum Gasteiger partial charge on any atom is -0.445 e. The lowest BCUT2D eigenvalue weighted by Gasteiger charge is -2.37. The fourth-order valence-electron chi connectivity index (χ4n) is 5.48. The summed E-state index contributed by atoms with van der Waals surface area (Å²) in [5.41, 5.74) is -1.59. The molecule has 3 amide bonds. The van der Waals surface area contributed by atoms with Gasteiger partial charge in [0.15, 0.2) is 0 Å². The van der Waals surface area contributed by atoms with Crippen LogP contribution in [0, 0.1) is 11.8 Å². The summed E-state index contributed by atoms with van der Waals surface area (Å²) < 4.78 is 17.7. The zero-order valence-electron chi connectivity index (χ0n) is 24.8. The van der Waals surface area contributed by atoms with Gasteiger partial charge in [0, 0.05) is 24.9 Å². The van der Waals surface area contributed by atoms with Gasteiger partial charge in [0.05, 0.1) is 11.2 Å². The summed E-state index contributed by atoms with van der Waals surface area (Å²) in [6, 6.07) is 9.43. The molecule has 3 unspecified atom stereocenters. The van der Waals surface area contributed by atoms with E-state index in [0.29, 0.717) is 19.2 Å². The number of hydrogen-bond acceptors (Lipinski definition) is 6. The standard InChI is InChI=1S/C29H46BN3O6/c1-20(34)32-29(24(35)33-26(2,3)4)17-22(14-15-30-38-27(5,6)28(7,8)39-30)16-23(29)18-31-25(36)37-19-21-12-10-9-11-13-21/h9-13,22-23H,14-19H2,1-8H3,(H,31,36)(H,32,34)(H,33,35). The van der Waals surface area contributed by atoms with Crippen LogP contribution < -0.4 is 16.0 Å². The minimum atomic E-state index is -1.16. The summed E-state index contributed by atoms with van der Waals surface area (Å²) in [7, 11) is -0.335. The molecule has 3 N–H and O–H groups in total. The number of alkyl carbamates (subject to hydrolysis) is 1. The topological polar surface area (TPSA) is 115 Å². The molecule has 1 saturated carbocycles. The molecular formula is C29H46BN3O6. The molecule has 3 atom stereocenters. The molecule has 2 fully saturated rings. The maximum atomic E-state index is 13.7. The normalized spacial score (nSPS) is 25.7. The molecule has 0 spiro atoms. The summed E-state index contributed by atoms with van der Waals surface area (Å²) in [6.07, 6.45) is 1.98. The summed E-state index contributed by atoms with van der Waals surface area (Å²) in [5.74, 6) is -0.736. The van der Waals surface area contributed by atoms with Crippen molar-refractivity contribution in [2.75, 3.05) is 6.54 Å². The van der Waals surface area contributed by atoms with Gasteiger partial charge < -0.3 is 30.0 Å². The first-order chi connectivity index (χ1) is 18.0. The highest BCUT2D eigenvalue weighted by Crippen LogP contribution is 2.44. The average Bonchev–Trinajstić information content (AvgIpc) is 3.26. The molecule has 1 aliphatic heterocycles. The predicted molar refractivity (Wildman–Crippen MR) is 151 cm³/mol. The smallest absolute Gasteiger partial charge is 0.445 e. The molecule has 2 aliphatic rings. The van der Waals surface area contributed by atoms with Crippen molar-refractivity contribution in [3.63, 3.8) is 0 Å². The molecule has 9 nitrogen and oxygen atoms in total. The van der Waals surface area contributed by atoms with Crippen LogP contribution in [0.5, 0.6) is 0 Å². The monoisotopic (exact) mass is 543 g/mol. The number of nitrogens with one attached hydrogen (secondary N) is 3. The van der Waals surface area contributed by atoms with Crippen molar-refractivity contribution in [2.24, 2.45) is 11.8 Å². The molecule has 3 rings (SSSR count). The fourth-order valence-corrected chi connectivity index (χ4v) is 5.48. The maximum Gasteiger partial charge on any atom is 0.457 e. The zero-order chi connectivity index (χ0) is 29.1. The summed E-state index contributed by atoms with van der Waals surface area (Å²) >= 11 is 0. The minimum absolute atomic E-state index is 0.119. The Hall–Kier alpha value is -2.59. The molecule has 0 aromatic heterocycles. The molecule has 1 aromatic rings. The lowest BCUT2D eigenvalue weighted by molar-refractivity contribution is -0.135. The van der Waals surface area contributed by atoms with Crippen LogP contribution in [0.25, 0.3) is 0 Å². The third-order valence-electron chi connectivity index (χ3n) is 8.04. The third-order valence-corrected chi connectivity index (χ3v) is 8.04. The number of amides is 3. The van der Waals surface area contributed by atoms with Crippen LogP contribution in [0.3, 0.4) is 0 Å². The van der Waals surface area contributed by atoms with Crippen LogP contribution in [0.15, 0.2) is 30.3 Å². The highest BCUT2D eigenvalue weighted by atomic mass is 16.7. The second-order valence-corrected chi connectivity index (χ2v) is 13.1. The van der Waals surface area contributed by atoms with Crippen LogP contribution >= 0.6 is 0 Å². The SMILES string of the molecule is CC(=O)NC1(C(=O)NC(C)(C)C)CC(CCB2OC(C)(C)C(C)(C)O2)CC1CNC(=O)OCc1ccccc1. The van der Waals surface area contributed by atoms with Crippen LogP contribution in [-0.4, -0.2) is 53.9 Å². The van der Waals surface area contributed by atoms with E-state index in [1.54, 1.807) is 0 Å². The summed E-state index contributed by atoms with van der Waals surface area (Å²) in [5, 5.41) is 8.89. The Morgan fingerprint density at radius 2 is 1.67 bits per heavy atom. The van der Waals surface area contributed by atoms with Gasteiger partial charge in [-0.1, -0.05) is 36.8 Å². The van der Waals surface area contributed by atoms with Gasteiger partial charge in [0.2, 0.25) is 11.8 Å². The molecule has 39 heavy (non-hydrogen) atoms. The molecule has 1 aliphatic carbocycles. The molecular weight excluding hydrogens is 497 g/mol. The van der Waals surface area contributed by atoms with E-state index in [2.05, 4.69) is 16.0 Å². The van der Waals surface area contributed by atoms with Crippen molar-refractivity contribution >= 4 is 25.0 Å². The van der Waals surface area contributed by atoms with Crippen molar-refractivity contribution in [1.29, 1.82) is 0 Å². The quantitative estimate of drug-likeness (QED) is 0.402. The lowest BCUT2D eigenvalue weighted by atomic mass is 9.79. The fraction of sp³-hybridized carbons (Fsp3) is 0.690. The van der Waals surface area contributed by atoms with Crippen molar-refractivity contribution in [3.8, 4) is 0 Å². The molecule has 216 valence electrons. The van der Waals surface area contributed by atoms with E-state index in [4.69, 9.17) is 14.0 Å². The first-order valence-electron chi connectivity index (χ1n) is 13.9. The maximum absolute atomic E-state index is 13.7. The molecule has 1 aromatic carbocycles. The van der Waals surface area contributed by atoms with Gasteiger partial charge >= 0.3 is 13.2 Å². The van der Waals surface area contributed by atoms with E-state index in [0.717, 1.165) is 12.0 Å². The highest BCUT2D eigenvalue weighted by molar-refractivity contribution is 6.45. The Kier molecular flexibility index (Phi) is 9.43. The molecule has 0 bridgehead atoms. The van der Waals surface area contributed by atoms with Gasteiger partial charge in [-0.25, -0.2) is 4.79 Å². The van der Waals surface area contributed by atoms with Gasteiger partial charge in [0.1, 0.15) is 12.1 Å². The van der Waals surface area contributed by atoms with E-state index >= 15 is 0 Å². The van der Waals surface area contributed by atoms with E-state index in [-0.39, 0.29) is 43.9 Å². The van der Waals surface area contributed by atoms with Crippen molar-refractivity contribution in [2.45, 2.75) is 110 Å². The van der Waals surface area contributed by atoms with E-state index in [1.807, 2.05) is 78.8 Å². The van der Waals surface area contributed by atoms with Crippen molar-refractivity contribution in [3.05, 3.63) is 35.9 Å². The average molecular weight is 544 g/mol. The Morgan fingerprint density at radius 3 is 2.23 bits per heavy atom. The number of hydrogen-bond donors (Lipinski definition) is 3. The van der Waals surface area contributed by atoms with Gasteiger partial charge in [-0.3, -0.25) is 9.59 Å². The van der Waals surface area contributed by atoms with Gasteiger partial charge in [0.25, 0.3) is 0 Å². The van der Waals surface area contributed by atoms with Crippen molar-refractivity contribution in [1.82, 2.24) is 16.0 Å². The first kappa shape index (κ1) is 30.9. The number of carbonyl (C=O) groups is 3. The Balaban J connectivity index is 1.72. The Bertz CT molecular complexity index is 1010. The third kappa shape index (κ3) is 7.98. The Morgan fingerprint density at radius 1 is 1.05 bits per heavy atom. The van der Waals surface area contributed by atoms with Gasteiger partial charge in [-0.15, -0.1) is 0 Å². The highest BCUT2D eigenvalue weighted by Gasteiger charge is 2.55. The predicted octanol–water partition coefficient (Wildman–Crippen LogP) is 4.21. The second-order valence-electron chi connectivity index (χ2n) is 13.1. The number of rotatable bonds is 9. The Labute approximate surface area is 233 Å². The number of carbonyl (C=O) groups excluding carboxylic acids is 3. The van der Waals surface area contributed by atoms with Crippen LogP contribution in [0.1, 0.15) is 80.2 Å². The largest absolute Gasteiger partial charge is 0.457 e. The van der Waals surface area contributed by atoms with E-state index in [1.165, 1.54) is 6.92 Å².